The minimum atomic E-state index is -0.620. The number of methoxy groups -OCH3 is 1. The van der Waals surface area contributed by atoms with Crippen LogP contribution in [0.4, 0.5) is 0 Å². The normalized spacial score (nSPS) is 20.4. The molecule has 2 aromatic carbocycles. The van der Waals surface area contributed by atoms with Gasteiger partial charge in [-0.15, -0.1) is 0 Å². The molecule has 5 heteroatoms. The number of nitrogens with zero attached hydrogens (tertiary/aromatic N) is 1. The summed E-state index contributed by atoms with van der Waals surface area (Å²) in [7, 11) is 1.67. The summed E-state index contributed by atoms with van der Waals surface area (Å²) in [6.45, 7) is 2.40. The van der Waals surface area contributed by atoms with Crippen LogP contribution in [0.2, 0.25) is 0 Å². The molecule has 1 atom stereocenters. The van der Waals surface area contributed by atoms with E-state index in [9.17, 15) is 0 Å². The molecule has 0 bridgehead atoms. The van der Waals surface area contributed by atoms with E-state index in [0.717, 1.165) is 26.9 Å². The van der Waals surface area contributed by atoms with Crippen LogP contribution in [-0.4, -0.2) is 19.7 Å². The summed E-state index contributed by atoms with van der Waals surface area (Å²) in [5.41, 5.74) is 8.31. The summed E-state index contributed by atoms with van der Waals surface area (Å²) < 4.78 is 11.8. The van der Waals surface area contributed by atoms with Gasteiger partial charge in [-0.2, -0.15) is 0 Å². The Hall–Kier alpha value is -2.01. The summed E-state index contributed by atoms with van der Waals surface area (Å²) >= 11 is 3.52. The van der Waals surface area contributed by atoms with E-state index in [1.165, 1.54) is 0 Å². The Labute approximate surface area is 138 Å². The second-order valence-electron chi connectivity index (χ2n) is 5.29. The van der Waals surface area contributed by atoms with E-state index in [4.69, 9.17) is 15.2 Å². The molecule has 1 aliphatic rings. The minimum absolute atomic E-state index is 0.216. The second kappa shape index (κ2) is 5.65. The summed E-state index contributed by atoms with van der Waals surface area (Å²) in [5.74, 6) is 0.851. The molecular weight excluding hydrogens is 344 g/mol. The minimum Gasteiger partial charge on any atom is -0.496 e. The molecular formula is C17H17BrN2O2. The van der Waals surface area contributed by atoms with Gasteiger partial charge >= 0.3 is 0 Å². The molecule has 2 aromatic rings. The molecule has 0 aromatic heterocycles. The van der Waals surface area contributed by atoms with Gasteiger partial charge < -0.3 is 15.2 Å². The van der Waals surface area contributed by atoms with Crippen molar-refractivity contribution in [3.63, 3.8) is 0 Å². The average Bonchev–Trinajstić information content (AvgIpc) is 2.90. The van der Waals surface area contributed by atoms with Crippen LogP contribution in [-0.2, 0) is 10.3 Å². The molecule has 0 saturated carbocycles. The van der Waals surface area contributed by atoms with Crippen LogP contribution in [0.15, 0.2) is 51.9 Å². The fourth-order valence-electron chi connectivity index (χ4n) is 2.77. The molecule has 0 fully saturated rings. The third kappa shape index (κ3) is 2.46. The molecule has 0 amide bonds. The number of hydrogen-bond acceptors (Lipinski definition) is 4. The maximum Gasteiger partial charge on any atom is 0.283 e. The van der Waals surface area contributed by atoms with Gasteiger partial charge in [-0.1, -0.05) is 34.1 Å². The Morgan fingerprint density at radius 1 is 1.23 bits per heavy atom. The number of ether oxygens (including phenoxy) is 2. The first kappa shape index (κ1) is 14.9. The van der Waals surface area contributed by atoms with E-state index in [1.54, 1.807) is 7.11 Å². The third-order valence-electron chi connectivity index (χ3n) is 3.90. The average molecular weight is 361 g/mol. The summed E-state index contributed by atoms with van der Waals surface area (Å²) in [6, 6.07) is 14.3. The Bertz CT molecular complexity index is 745. The first-order chi connectivity index (χ1) is 10.5. The van der Waals surface area contributed by atoms with E-state index in [0.29, 0.717) is 6.61 Å². The number of aliphatic imine (C=N–C) groups is 1. The van der Waals surface area contributed by atoms with Crippen molar-refractivity contribution in [1.29, 1.82) is 0 Å². The molecule has 1 aliphatic heterocycles. The van der Waals surface area contributed by atoms with Crippen molar-refractivity contribution in [3.8, 4) is 5.75 Å². The number of nitrogens with two attached hydrogens (primary N) is 1. The highest BCUT2D eigenvalue weighted by atomic mass is 79.9. The number of amidine groups is 1. The largest absolute Gasteiger partial charge is 0.496 e. The maximum absolute atomic E-state index is 5.81. The quantitative estimate of drug-likeness (QED) is 0.912. The van der Waals surface area contributed by atoms with E-state index in [2.05, 4.69) is 27.0 Å². The number of benzene rings is 2. The second-order valence-corrected chi connectivity index (χ2v) is 6.21. The smallest absolute Gasteiger partial charge is 0.283 e. The van der Waals surface area contributed by atoms with Crippen LogP contribution in [0, 0.1) is 6.92 Å². The Morgan fingerprint density at radius 2 is 2.00 bits per heavy atom. The van der Waals surface area contributed by atoms with E-state index < -0.39 is 5.54 Å². The summed E-state index contributed by atoms with van der Waals surface area (Å²) in [4.78, 5) is 4.61. The molecule has 0 spiro atoms. The van der Waals surface area contributed by atoms with Gasteiger partial charge in [-0.05, 0) is 47.9 Å². The number of aryl methyl sites for hydroxylation is 1. The fourth-order valence-corrected chi connectivity index (χ4v) is 3.17. The van der Waals surface area contributed by atoms with Gasteiger partial charge in [0.2, 0.25) is 0 Å². The van der Waals surface area contributed by atoms with Gasteiger partial charge in [0.1, 0.15) is 12.4 Å². The first-order valence-electron chi connectivity index (χ1n) is 6.94. The topological polar surface area (TPSA) is 56.8 Å². The SMILES string of the molecule is COc1ccc([C@]2(c3cccc(Br)c3)COC(N)=N2)cc1C. The number of halogens is 1. The van der Waals surface area contributed by atoms with Gasteiger partial charge in [0.15, 0.2) is 5.54 Å². The summed E-state index contributed by atoms with van der Waals surface area (Å²) in [5, 5.41) is 0. The predicted molar refractivity (Wildman–Crippen MR) is 90.2 cm³/mol. The van der Waals surface area contributed by atoms with Crippen molar-refractivity contribution in [2.75, 3.05) is 13.7 Å². The lowest BCUT2D eigenvalue weighted by molar-refractivity contribution is 0.278. The molecule has 22 heavy (non-hydrogen) atoms. The zero-order valence-electron chi connectivity index (χ0n) is 12.5. The van der Waals surface area contributed by atoms with E-state index in [1.807, 2.05) is 43.3 Å². The lowest BCUT2D eigenvalue weighted by Crippen LogP contribution is -2.27. The first-order valence-corrected chi connectivity index (χ1v) is 7.74. The Balaban J connectivity index is 2.18. The molecule has 0 saturated heterocycles. The standard InChI is InChI=1S/C17H17BrN2O2/c1-11-8-13(6-7-15(11)21-2)17(10-22-16(19)20-17)12-4-3-5-14(18)9-12/h3-9H,10H2,1-2H3,(H2,19,20)/t17-/m1/s1. The van der Waals surface area contributed by atoms with Gasteiger partial charge in [-0.25, -0.2) is 4.99 Å². The van der Waals surface area contributed by atoms with E-state index >= 15 is 0 Å². The van der Waals surface area contributed by atoms with Crippen LogP contribution in [0.1, 0.15) is 16.7 Å². The van der Waals surface area contributed by atoms with Gasteiger partial charge in [0.05, 0.1) is 7.11 Å². The van der Waals surface area contributed by atoms with Crippen LogP contribution < -0.4 is 10.5 Å². The highest BCUT2D eigenvalue weighted by Gasteiger charge is 2.40. The number of hydrogen-bond donors (Lipinski definition) is 1. The fraction of sp³-hybridized carbons (Fsp3) is 0.235. The Kier molecular flexibility index (Phi) is 3.83. The molecule has 2 N–H and O–H groups in total. The highest BCUT2D eigenvalue weighted by Crippen LogP contribution is 2.39. The van der Waals surface area contributed by atoms with Crippen LogP contribution in [0.5, 0.6) is 5.75 Å². The molecule has 114 valence electrons. The van der Waals surface area contributed by atoms with Crippen molar-refractivity contribution in [2.45, 2.75) is 12.5 Å². The van der Waals surface area contributed by atoms with Crippen molar-refractivity contribution >= 4 is 22.0 Å². The molecule has 0 aliphatic carbocycles. The maximum atomic E-state index is 5.81. The lowest BCUT2D eigenvalue weighted by Gasteiger charge is -2.26. The zero-order chi connectivity index (χ0) is 15.7. The molecule has 4 nitrogen and oxygen atoms in total. The molecule has 0 radical (unpaired) electrons. The van der Waals surface area contributed by atoms with Gasteiger partial charge in [0.25, 0.3) is 6.02 Å². The third-order valence-corrected chi connectivity index (χ3v) is 4.40. The molecule has 0 unspecified atom stereocenters. The van der Waals surface area contributed by atoms with Crippen molar-refractivity contribution in [3.05, 3.63) is 63.6 Å². The molecule has 3 rings (SSSR count). The van der Waals surface area contributed by atoms with Gasteiger partial charge in [-0.3, -0.25) is 0 Å². The van der Waals surface area contributed by atoms with Crippen LogP contribution in [0.25, 0.3) is 0 Å². The lowest BCUT2D eigenvalue weighted by atomic mass is 9.83. The highest BCUT2D eigenvalue weighted by molar-refractivity contribution is 9.10. The summed E-state index contributed by atoms with van der Waals surface area (Å²) in [6.07, 6.45) is 0. The zero-order valence-corrected chi connectivity index (χ0v) is 14.1. The van der Waals surface area contributed by atoms with Crippen molar-refractivity contribution in [2.24, 2.45) is 10.7 Å². The van der Waals surface area contributed by atoms with E-state index in [-0.39, 0.29) is 6.02 Å². The van der Waals surface area contributed by atoms with Gasteiger partial charge in [0, 0.05) is 4.47 Å². The Morgan fingerprint density at radius 3 is 2.59 bits per heavy atom. The van der Waals surface area contributed by atoms with Crippen molar-refractivity contribution in [1.82, 2.24) is 0 Å². The molecule has 1 heterocycles. The van der Waals surface area contributed by atoms with Crippen LogP contribution >= 0.6 is 15.9 Å². The monoisotopic (exact) mass is 360 g/mol. The number of rotatable bonds is 3. The van der Waals surface area contributed by atoms with Crippen molar-refractivity contribution < 1.29 is 9.47 Å². The predicted octanol–water partition coefficient (Wildman–Crippen LogP) is 3.35. The van der Waals surface area contributed by atoms with Crippen LogP contribution in [0.3, 0.4) is 0 Å².